The first kappa shape index (κ1) is 72.6. The van der Waals surface area contributed by atoms with Crippen LogP contribution in [0, 0.1) is 46.5 Å². The molecule has 16 heteroatoms. The number of hydrogen-bond donors (Lipinski definition) is 1. The first-order valence-electron chi connectivity index (χ1n) is 30.8. The molecule has 0 spiro atoms. The molecule has 1 N–H and O–H groups in total. The zero-order chi connectivity index (χ0) is 63.5. The van der Waals surface area contributed by atoms with Crippen molar-refractivity contribution in [1.29, 1.82) is 0 Å². The van der Waals surface area contributed by atoms with E-state index in [2.05, 4.69) is 134 Å². The number of nitrogens with zero attached hydrogens (tertiary/aromatic N) is 2. The van der Waals surface area contributed by atoms with Gasteiger partial charge in [-0.05, 0) is 174 Å². The summed E-state index contributed by atoms with van der Waals surface area (Å²) < 4.78 is 119. The second-order valence-electron chi connectivity index (χ2n) is 20.9. The minimum absolute atomic E-state index is 0.0953. The highest BCUT2D eigenvalue weighted by Gasteiger charge is 2.46. The fraction of sp³-hybridized carbons (Fsp3) is 0.333. The smallest absolute Gasteiger partial charge is 0.135 e. The van der Waals surface area contributed by atoms with E-state index in [9.17, 15) is 17.6 Å². The molecule has 0 aliphatic carbocycles. The zero-order valence-electron chi connectivity index (χ0n) is 51.6. The Morgan fingerprint density at radius 1 is 0.398 bits per heavy atom. The van der Waals surface area contributed by atoms with Crippen LogP contribution >= 0.6 is 51.8 Å². The van der Waals surface area contributed by atoms with Crippen molar-refractivity contribution in [2.75, 3.05) is 32.7 Å². The molecule has 3 nitrogen and oxygen atoms in total. The Morgan fingerprint density at radius 3 is 0.966 bits per heavy atom. The Labute approximate surface area is 537 Å². The molecule has 2 aliphatic heterocycles. The van der Waals surface area contributed by atoms with E-state index in [0.717, 1.165) is 67.6 Å². The topological polar surface area (TPSA) is 18.5 Å². The van der Waals surface area contributed by atoms with Gasteiger partial charge in [0.25, 0.3) is 0 Å². The maximum Gasteiger partial charge on any atom is 0.135 e. The highest BCUT2D eigenvalue weighted by atomic mass is 127. The van der Waals surface area contributed by atoms with Gasteiger partial charge in [-0.2, -0.15) is 0 Å². The Balaban J connectivity index is 0.000000212. The Bertz CT molecular complexity index is 3000. The summed E-state index contributed by atoms with van der Waals surface area (Å²) in [5.74, 6) is -6.26. The van der Waals surface area contributed by atoms with E-state index >= 15 is 17.6 Å². The summed E-state index contributed by atoms with van der Waals surface area (Å²) in [6.45, 7) is 20.1. The molecule has 0 saturated carbocycles. The van der Waals surface area contributed by atoms with Crippen LogP contribution in [0.5, 0.6) is 0 Å². The van der Waals surface area contributed by atoms with Gasteiger partial charge in [0, 0.05) is 42.8 Å². The molecule has 2 heterocycles. The standard InChI is InChI=1S/C32H31F4NP2.C20H26NP.C12H6F4IP.C6H15N.C2H6/c1-2-3-22-37(39(31-25(33)16-10-17-26(31)34)32-27(35)18-11-19-28(32)36)38-29(23-12-6-4-7-13-23)20-21-30(38)24-14-8-5-9-15-24;1-2-3-16-21-22-19(17-10-6-4-7-11-17)14-15-20(22)18-12-8-5-9-13-18;13-7-3-1-4-8(14)11(7)18(17)12-9(15)5-2-6-10(12)16;1-4-7(5-2)6-3;1-2/h4-19,29-30H,2-3,20-22H2,1H3;4-13,19-21H,2-3,14-16H2,1H3;1-6H;4-6H2,1-3H3;1-2H3/t29-,30-;19-,20-;;;/m10.../s1. The van der Waals surface area contributed by atoms with Crippen LogP contribution < -0.4 is 26.3 Å². The van der Waals surface area contributed by atoms with Crippen molar-refractivity contribution in [3.8, 4) is 0 Å². The van der Waals surface area contributed by atoms with E-state index in [1.807, 2.05) is 50.2 Å². The number of benzene rings is 8. The van der Waals surface area contributed by atoms with Gasteiger partial charge in [0.2, 0.25) is 0 Å². The van der Waals surface area contributed by atoms with Crippen LogP contribution in [0.1, 0.15) is 145 Å². The summed E-state index contributed by atoms with van der Waals surface area (Å²) in [7, 11) is -3.52. The second-order valence-corrected chi connectivity index (χ2v) is 32.4. The molecule has 0 aromatic heterocycles. The van der Waals surface area contributed by atoms with Crippen LogP contribution in [0.3, 0.4) is 0 Å². The fourth-order valence-electron chi connectivity index (χ4n) is 11.0. The minimum atomic E-state index is -2.19. The van der Waals surface area contributed by atoms with Gasteiger partial charge >= 0.3 is 0 Å². The van der Waals surface area contributed by atoms with Gasteiger partial charge in [0.15, 0.2) is 0 Å². The number of rotatable bonds is 20. The normalized spacial score (nSPS) is 16.5. The number of halogens is 9. The van der Waals surface area contributed by atoms with Gasteiger partial charge < -0.3 is 4.90 Å². The molecule has 2 fully saturated rings. The molecule has 4 atom stereocenters. The van der Waals surface area contributed by atoms with E-state index < -0.39 is 68.2 Å². The summed E-state index contributed by atoms with van der Waals surface area (Å²) in [4.78, 5) is 2.38. The van der Waals surface area contributed by atoms with E-state index in [-0.39, 0.29) is 40.6 Å². The highest BCUT2D eigenvalue weighted by molar-refractivity contribution is 14.2. The second kappa shape index (κ2) is 38.4. The average Bonchev–Trinajstić information content (AvgIpc) is 1.47. The van der Waals surface area contributed by atoms with Crippen molar-refractivity contribution in [3.05, 3.63) is 263 Å². The van der Waals surface area contributed by atoms with Crippen molar-refractivity contribution in [3.63, 3.8) is 0 Å². The first-order chi connectivity index (χ1) is 42.8. The Morgan fingerprint density at radius 2 is 0.682 bits per heavy atom. The van der Waals surface area contributed by atoms with Gasteiger partial charge in [0.1, 0.15) is 46.5 Å². The summed E-state index contributed by atoms with van der Waals surface area (Å²) in [6.07, 6.45) is 8.54. The summed E-state index contributed by atoms with van der Waals surface area (Å²) in [6, 6.07) is 56.7. The van der Waals surface area contributed by atoms with Crippen LogP contribution in [0.15, 0.2) is 194 Å². The van der Waals surface area contributed by atoms with Crippen LogP contribution in [0.4, 0.5) is 35.1 Å². The van der Waals surface area contributed by atoms with Crippen LogP contribution in [-0.2, 0) is 0 Å². The van der Waals surface area contributed by atoms with Crippen molar-refractivity contribution in [1.82, 2.24) is 14.4 Å². The molecule has 470 valence electrons. The van der Waals surface area contributed by atoms with Gasteiger partial charge in [0.05, 0.1) is 21.2 Å². The molecule has 2 aliphatic rings. The first-order valence-corrected chi connectivity index (χ1v) is 39.1. The summed E-state index contributed by atoms with van der Waals surface area (Å²) in [5, 5.41) is 2.91. The molecule has 0 unspecified atom stereocenters. The third kappa shape index (κ3) is 19.5. The average molecular weight is 1390 g/mol. The third-order valence-electron chi connectivity index (χ3n) is 15.4. The predicted molar refractivity (Wildman–Crippen MR) is 370 cm³/mol. The molecule has 0 bridgehead atoms. The Kier molecular flexibility index (Phi) is 31.7. The molecule has 2 saturated heterocycles. The fourth-order valence-corrected chi connectivity index (χ4v) is 25.7. The van der Waals surface area contributed by atoms with Crippen LogP contribution in [-0.4, -0.2) is 42.1 Å². The van der Waals surface area contributed by atoms with Gasteiger partial charge in [-0.3, -0.25) is 9.53 Å². The lowest BCUT2D eigenvalue weighted by Gasteiger charge is -2.42. The summed E-state index contributed by atoms with van der Waals surface area (Å²) in [5.41, 5.74) is 5.18. The maximum atomic E-state index is 15.6. The molecule has 8 aromatic carbocycles. The monoisotopic (exact) mass is 1390 g/mol. The van der Waals surface area contributed by atoms with Crippen LogP contribution in [0.2, 0.25) is 0 Å². The lowest BCUT2D eigenvalue weighted by molar-refractivity contribution is 0.321. The molecule has 88 heavy (non-hydrogen) atoms. The van der Waals surface area contributed by atoms with Crippen molar-refractivity contribution < 1.29 is 35.1 Å². The lowest BCUT2D eigenvalue weighted by atomic mass is 10.0. The largest absolute Gasteiger partial charge is 0.304 e. The van der Waals surface area contributed by atoms with Gasteiger partial charge in [-0.25, -0.2) is 35.1 Å². The zero-order valence-corrected chi connectivity index (χ0v) is 57.3. The van der Waals surface area contributed by atoms with Crippen molar-refractivity contribution in [2.45, 2.75) is 122 Å². The van der Waals surface area contributed by atoms with E-state index in [4.69, 9.17) is 0 Å². The quantitative estimate of drug-likeness (QED) is 0.0355. The third-order valence-corrected chi connectivity index (χ3v) is 29.6. The number of nitrogens with one attached hydrogen (secondary N) is 1. The predicted octanol–water partition coefficient (Wildman–Crippen LogP) is 21.8. The molecule has 0 radical (unpaired) electrons. The SMILES string of the molecule is CC.CCCCN(P(c1c(F)cccc1F)c1c(F)cccc1F)P1[C@@H](c2ccccc2)CC[C@@H]1c1ccccc1.CCCCNP1[C@H](c2ccccc2)CC[C@H]1c1ccccc1.CCN(CC)CC.Fc1cccc(F)c1P(I)c1c(F)cccc1F. The van der Waals surface area contributed by atoms with Gasteiger partial charge in [-0.15, -0.1) is 0 Å². The minimum Gasteiger partial charge on any atom is -0.304 e. The number of unbranched alkanes of at least 4 members (excludes halogenated alkanes) is 2. The van der Waals surface area contributed by atoms with E-state index in [0.29, 0.717) is 17.9 Å². The van der Waals surface area contributed by atoms with Crippen LogP contribution in [0.25, 0.3) is 0 Å². The maximum absolute atomic E-state index is 15.6. The molecule has 0 amide bonds. The van der Waals surface area contributed by atoms with E-state index in [1.54, 1.807) is 22.0 Å². The van der Waals surface area contributed by atoms with Crippen molar-refractivity contribution >= 4 is 73.0 Å². The number of hydrogen-bond acceptors (Lipinski definition) is 3. The van der Waals surface area contributed by atoms with Crippen molar-refractivity contribution in [2.24, 2.45) is 0 Å². The van der Waals surface area contributed by atoms with E-state index in [1.165, 1.54) is 105 Å². The molecule has 8 aromatic rings. The molecular formula is C72H84F8IN3P4. The lowest BCUT2D eigenvalue weighted by Crippen LogP contribution is -2.33. The highest BCUT2D eigenvalue weighted by Crippen LogP contribution is 2.76. The molecular weight excluding hydrogens is 1310 g/mol. The Hall–Kier alpha value is -4.47. The molecule has 10 rings (SSSR count). The van der Waals surface area contributed by atoms with Gasteiger partial charge in [-0.1, -0.05) is 207 Å². The summed E-state index contributed by atoms with van der Waals surface area (Å²) >= 11 is 1.68.